The van der Waals surface area contributed by atoms with E-state index in [1.807, 2.05) is 38.1 Å². The van der Waals surface area contributed by atoms with Crippen molar-refractivity contribution in [1.82, 2.24) is 0 Å². The molecule has 23 heavy (non-hydrogen) atoms. The molecule has 0 saturated heterocycles. The lowest BCUT2D eigenvalue weighted by Crippen LogP contribution is -2.30. The largest absolute Gasteiger partial charge is 0.369 e. The second kappa shape index (κ2) is 7.32. The summed E-state index contributed by atoms with van der Waals surface area (Å²) >= 11 is 0. The van der Waals surface area contributed by atoms with Crippen LogP contribution in [0.4, 0.5) is 11.4 Å². The van der Waals surface area contributed by atoms with E-state index >= 15 is 0 Å². The first-order chi connectivity index (χ1) is 10.9. The average Bonchev–Trinajstić information content (AvgIpc) is 2.48. The summed E-state index contributed by atoms with van der Waals surface area (Å²) in [6, 6.07) is 14.4. The highest BCUT2D eigenvalue weighted by Crippen LogP contribution is 2.20. The minimum atomic E-state index is -0.0687. The number of nitrogens with one attached hydrogen (secondary N) is 1. The van der Waals surface area contributed by atoms with Crippen LogP contribution in [0.2, 0.25) is 0 Å². The zero-order chi connectivity index (χ0) is 17.0. The van der Waals surface area contributed by atoms with Crippen molar-refractivity contribution < 1.29 is 4.79 Å². The Kier molecular flexibility index (Phi) is 5.43. The Hall–Kier alpha value is -2.29. The maximum atomic E-state index is 12.4. The van der Waals surface area contributed by atoms with Gasteiger partial charge in [-0.1, -0.05) is 17.2 Å². The molecular formula is C20H26N2O. The van der Waals surface area contributed by atoms with E-state index in [0.29, 0.717) is 11.6 Å². The number of hydrogen-bond donors (Lipinski definition) is 1. The van der Waals surface area contributed by atoms with Gasteiger partial charge in [0.2, 0.25) is 0 Å². The Morgan fingerprint density at radius 2 is 1.61 bits per heavy atom. The Morgan fingerprint density at radius 3 is 2.09 bits per heavy atom. The molecule has 2 aromatic carbocycles. The van der Waals surface area contributed by atoms with Gasteiger partial charge in [0, 0.05) is 29.5 Å². The monoisotopic (exact) mass is 310 g/mol. The quantitative estimate of drug-likeness (QED) is 0.861. The standard InChI is InChI=1S/C20H26N2O/c1-6-22(14(2)3)19-9-7-18(8-10-19)21-20(23)17-12-15(4)11-16(5)13-17/h7-14H,6H2,1-5H3,(H,21,23). The van der Waals surface area contributed by atoms with Gasteiger partial charge < -0.3 is 10.2 Å². The van der Waals surface area contributed by atoms with E-state index in [1.165, 1.54) is 5.69 Å². The van der Waals surface area contributed by atoms with Crippen LogP contribution < -0.4 is 10.2 Å². The third-order valence-electron chi connectivity index (χ3n) is 3.90. The Labute approximate surface area is 139 Å². The lowest BCUT2D eigenvalue weighted by atomic mass is 10.1. The van der Waals surface area contributed by atoms with Crippen molar-refractivity contribution in [2.24, 2.45) is 0 Å². The number of hydrogen-bond acceptors (Lipinski definition) is 2. The summed E-state index contributed by atoms with van der Waals surface area (Å²) in [7, 11) is 0. The molecule has 0 spiro atoms. The van der Waals surface area contributed by atoms with Crippen LogP contribution in [0, 0.1) is 13.8 Å². The molecule has 0 unspecified atom stereocenters. The fraction of sp³-hybridized carbons (Fsp3) is 0.350. The Morgan fingerprint density at radius 1 is 1.04 bits per heavy atom. The molecule has 0 heterocycles. The summed E-state index contributed by atoms with van der Waals surface area (Å²) in [6.45, 7) is 11.5. The van der Waals surface area contributed by atoms with Gasteiger partial charge in [-0.25, -0.2) is 0 Å². The molecule has 2 rings (SSSR count). The molecule has 0 saturated carbocycles. The molecule has 0 aliphatic carbocycles. The normalized spacial score (nSPS) is 10.7. The van der Waals surface area contributed by atoms with Gasteiger partial charge in [0.15, 0.2) is 0 Å². The van der Waals surface area contributed by atoms with Gasteiger partial charge in [-0.2, -0.15) is 0 Å². The van der Waals surface area contributed by atoms with E-state index in [2.05, 4.69) is 49.2 Å². The third-order valence-corrected chi connectivity index (χ3v) is 3.90. The predicted octanol–water partition coefficient (Wildman–Crippen LogP) is 4.79. The lowest BCUT2D eigenvalue weighted by molar-refractivity contribution is 0.102. The molecule has 0 radical (unpaired) electrons. The molecule has 0 aromatic heterocycles. The van der Waals surface area contributed by atoms with Crippen LogP contribution in [0.3, 0.4) is 0 Å². The van der Waals surface area contributed by atoms with Crippen LogP contribution in [0.25, 0.3) is 0 Å². The third kappa shape index (κ3) is 4.35. The summed E-state index contributed by atoms with van der Waals surface area (Å²) in [5.74, 6) is -0.0687. The zero-order valence-corrected chi connectivity index (χ0v) is 14.7. The van der Waals surface area contributed by atoms with Crippen molar-refractivity contribution in [3.8, 4) is 0 Å². The maximum absolute atomic E-state index is 12.4. The number of carbonyl (C=O) groups excluding carboxylic acids is 1. The smallest absolute Gasteiger partial charge is 0.255 e. The van der Waals surface area contributed by atoms with Crippen molar-refractivity contribution in [3.05, 3.63) is 59.2 Å². The van der Waals surface area contributed by atoms with Crippen molar-refractivity contribution >= 4 is 17.3 Å². The highest BCUT2D eigenvalue weighted by molar-refractivity contribution is 6.04. The fourth-order valence-corrected chi connectivity index (χ4v) is 2.89. The minimum absolute atomic E-state index is 0.0687. The zero-order valence-electron chi connectivity index (χ0n) is 14.7. The van der Waals surface area contributed by atoms with Crippen LogP contribution in [0.15, 0.2) is 42.5 Å². The molecular weight excluding hydrogens is 284 g/mol. The molecule has 2 aromatic rings. The Balaban J connectivity index is 2.13. The second-order valence-electron chi connectivity index (χ2n) is 6.26. The summed E-state index contributed by atoms with van der Waals surface area (Å²) in [5, 5.41) is 2.97. The van der Waals surface area contributed by atoms with Gasteiger partial charge in [0.1, 0.15) is 0 Å². The number of nitrogens with zero attached hydrogens (tertiary/aromatic N) is 1. The van der Waals surface area contributed by atoms with E-state index < -0.39 is 0 Å². The van der Waals surface area contributed by atoms with Gasteiger partial charge in [0.05, 0.1) is 0 Å². The maximum Gasteiger partial charge on any atom is 0.255 e. The highest BCUT2D eigenvalue weighted by Gasteiger charge is 2.10. The van der Waals surface area contributed by atoms with Crippen molar-refractivity contribution in [1.29, 1.82) is 0 Å². The summed E-state index contributed by atoms with van der Waals surface area (Å²) in [6.07, 6.45) is 0. The highest BCUT2D eigenvalue weighted by atomic mass is 16.1. The fourth-order valence-electron chi connectivity index (χ4n) is 2.89. The molecule has 0 bridgehead atoms. The number of aryl methyl sites for hydroxylation is 2. The molecule has 0 aliphatic rings. The van der Waals surface area contributed by atoms with Crippen molar-refractivity contribution in [3.63, 3.8) is 0 Å². The van der Waals surface area contributed by atoms with Gasteiger partial charge in [0.25, 0.3) is 5.91 Å². The van der Waals surface area contributed by atoms with Gasteiger partial charge in [-0.15, -0.1) is 0 Å². The van der Waals surface area contributed by atoms with Crippen LogP contribution in [0.1, 0.15) is 42.3 Å². The molecule has 3 heteroatoms. The van der Waals surface area contributed by atoms with E-state index in [-0.39, 0.29) is 5.91 Å². The molecule has 1 N–H and O–H groups in total. The summed E-state index contributed by atoms with van der Waals surface area (Å²) < 4.78 is 0. The summed E-state index contributed by atoms with van der Waals surface area (Å²) in [5.41, 5.74) is 4.88. The number of anilines is 2. The van der Waals surface area contributed by atoms with Crippen LogP contribution in [0.5, 0.6) is 0 Å². The van der Waals surface area contributed by atoms with Gasteiger partial charge in [-0.05, 0) is 71.0 Å². The van der Waals surface area contributed by atoms with Crippen LogP contribution in [-0.2, 0) is 0 Å². The first-order valence-corrected chi connectivity index (χ1v) is 8.17. The minimum Gasteiger partial charge on any atom is -0.369 e. The molecule has 0 fully saturated rings. The average molecular weight is 310 g/mol. The van der Waals surface area contributed by atoms with Gasteiger partial charge >= 0.3 is 0 Å². The first kappa shape index (κ1) is 17.1. The first-order valence-electron chi connectivity index (χ1n) is 8.17. The Bertz CT molecular complexity index is 654. The molecule has 1 amide bonds. The van der Waals surface area contributed by atoms with Crippen molar-refractivity contribution in [2.75, 3.05) is 16.8 Å². The number of benzene rings is 2. The molecule has 0 atom stereocenters. The predicted molar refractivity (Wildman–Crippen MR) is 98.5 cm³/mol. The van der Waals surface area contributed by atoms with E-state index in [4.69, 9.17) is 0 Å². The van der Waals surface area contributed by atoms with E-state index in [0.717, 1.165) is 23.4 Å². The van der Waals surface area contributed by atoms with E-state index in [1.54, 1.807) is 0 Å². The molecule has 3 nitrogen and oxygen atoms in total. The second-order valence-corrected chi connectivity index (χ2v) is 6.26. The number of rotatable bonds is 5. The number of carbonyl (C=O) groups is 1. The van der Waals surface area contributed by atoms with Gasteiger partial charge in [-0.3, -0.25) is 4.79 Å². The number of amides is 1. The van der Waals surface area contributed by atoms with E-state index in [9.17, 15) is 4.79 Å². The lowest BCUT2D eigenvalue weighted by Gasteiger charge is -2.27. The SMILES string of the molecule is CCN(c1ccc(NC(=O)c2cc(C)cc(C)c2)cc1)C(C)C. The summed E-state index contributed by atoms with van der Waals surface area (Å²) in [4.78, 5) is 14.7. The molecule has 0 aliphatic heterocycles. The van der Waals surface area contributed by atoms with Crippen LogP contribution >= 0.6 is 0 Å². The van der Waals surface area contributed by atoms with Crippen molar-refractivity contribution in [2.45, 2.75) is 40.7 Å². The van der Waals surface area contributed by atoms with Crippen LogP contribution in [-0.4, -0.2) is 18.5 Å². The molecule has 122 valence electrons. The topological polar surface area (TPSA) is 32.3 Å².